The topological polar surface area (TPSA) is 218 Å². The van der Waals surface area contributed by atoms with Gasteiger partial charge < -0.3 is 43.7 Å². The minimum Gasteiger partial charge on any atom is -0.493 e. The van der Waals surface area contributed by atoms with Crippen molar-refractivity contribution in [3.8, 4) is 11.5 Å². The first kappa shape index (κ1) is 31.8. The van der Waals surface area contributed by atoms with Crippen LogP contribution in [-0.4, -0.2) is 88.3 Å². The summed E-state index contributed by atoms with van der Waals surface area (Å²) in [6.07, 6.45) is -4.87. The van der Waals surface area contributed by atoms with E-state index in [1.165, 1.54) is 13.2 Å². The third kappa shape index (κ3) is 5.24. The van der Waals surface area contributed by atoms with E-state index in [0.29, 0.717) is 24.3 Å². The summed E-state index contributed by atoms with van der Waals surface area (Å²) in [5.74, 6) is -8.12. The Hall–Kier alpha value is -4.66. The smallest absolute Gasteiger partial charge is 0.357 e. The molecule has 1 aromatic carbocycles. The van der Waals surface area contributed by atoms with E-state index in [9.17, 15) is 39.0 Å². The molecule has 1 fully saturated rings. The first-order valence-electron chi connectivity index (χ1n) is 14.2. The van der Waals surface area contributed by atoms with Crippen LogP contribution in [-0.2, 0) is 59.6 Å². The maximum atomic E-state index is 13.7. The zero-order valence-electron chi connectivity index (χ0n) is 24.6. The number of hydrogen-bond acceptors (Lipinski definition) is 13. The number of methoxy groups -OCH3 is 1. The molecule has 1 aliphatic heterocycles. The average Bonchev–Trinajstić information content (AvgIpc) is 3.30. The maximum Gasteiger partial charge on any atom is 0.357 e. The Balaban J connectivity index is 1.49. The van der Waals surface area contributed by atoms with E-state index < -0.39 is 77.7 Å². The van der Waals surface area contributed by atoms with E-state index in [2.05, 4.69) is 0 Å². The predicted octanol–water partition coefficient (Wildman–Crippen LogP) is 0.947. The van der Waals surface area contributed by atoms with Gasteiger partial charge in [0, 0.05) is 19.4 Å². The van der Waals surface area contributed by atoms with Crippen LogP contribution < -0.4 is 9.47 Å². The molecule has 1 saturated carbocycles. The summed E-state index contributed by atoms with van der Waals surface area (Å²) >= 11 is 0. The number of ether oxygens (including phenoxy) is 6. The van der Waals surface area contributed by atoms with Crippen molar-refractivity contribution in [1.82, 2.24) is 0 Å². The van der Waals surface area contributed by atoms with Crippen molar-refractivity contribution in [3.63, 3.8) is 0 Å². The van der Waals surface area contributed by atoms with Gasteiger partial charge in [0.2, 0.25) is 18.3 Å². The molecule has 4 aliphatic rings. The minimum atomic E-state index is -2.36. The highest BCUT2D eigenvalue weighted by Crippen LogP contribution is 2.67. The first-order chi connectivity index (χ1) is 21.2. The fraction of sp³-hybridized carbons (Fsp3) is 0.533. The van der Waals surface area contributed by atoms with Crippen LogP contribution in [0.25, 0.3) is 0 Å². The van der Waals surface area contributed by atoms with Crippen LogP contribution in [0.4, 0.5) is 0 Å². The predicted molar refractivity (Wildman–Crippen MR) is 145 cm³/mol. The standard InChI is InChI=1S/C30H32O15/c1-13(31)41-23(24(42-14(2)32)28(38)44-19(26(35)36)12-20(33)34)27(37)43-18-8-10-30(39)16-5-4-9-29(30)21-15(11-16)6-7-17(40-3)22(21)45-25(18)29/h6-8,16,19,23-25,39H,4-5,9-12H2,1-3H3,(H,33,34)(H,35,36)/t16-,19-,23+,24+,25+,29+,30-/m0/s1. The van der Waals surface area contributed by atoms with Crippen molar-refractivity contribution in [2.24, 2.45) is 5.92 Å². The third-order valence-corrected chi connectivity index (χ3v) is 8.91. The van der Waals surface area contributed by atoms with Gasteiger partial charge in [0.05, 0.1) is 24.5 Å². The van der Waals surface area contributed by atoms with E-state index in [4.69, 9.17) is 33.5 Å². The highest BCUT2D eigenvalue weighted by molar-refractivity contribution is 5.91. The molecule has 0 radical (unpaired) electrons. The highest BCUT2D eigenvalue weighted by atomic mass is 16.6. The lowest BCUT2D eigenvalue weighted by Gasteiger charge is -2.59. The van der Waals surface area contributed by atoms with Crippen molar-refractivity contribution in [2.45, 2.75) is 87.8 Å². The Morgan fingerprint density at radius 1 is 1.00 bits per heavy atom. The quantitative estimate of drug-likeness (QED) is 0.228. The van der Waals surface area contributed by atoms with Crippen LogP contribution in [0, 0.1) is 5.92 Å². The van der Waals surface area contributed by atoms with E-state index in [1.807, 2.05) is 6.07 Å². The maximum absolute atomic E-state index is 13.7. The SMILES string of the molecule is COc1ccc2c3c1O[C@@H]1C(OC(=O)[C@H](OC(C)=O)[C@@H](OC(C)=O)C(=O)O[C@@H](CC(=O)O)C(=O)O)=CC[C@]4(O)[C@@H](CCC[C@@]314)C2. The van der Waals surface area contributed by atoms with Gasteiger partial charge in [0.25, 0.3) is 0 Å². The summed E-state index contributed by atoms with van der Waals surface area (Å²) in [6.45, 7) is 1.76. The molecule has 1 heterocycles. The van der Waals surface area contributed by atoms with Crippen molar-refractivity contribution < 1.29 is 72.5 Å². The summed E-state index contributed by atoms with van der Waals surface area (Å²) in [5, 5.41) is 30.5. The van der Waals surface area contributed by atoms with E-state index >= 15 is 0 Å². The Kier molecular flexibility index (Phi) is 8.25. The number of carboxylic acid groups (broad SMARTS) is 2. The molecule has 2 bridgehead atoms. The Bertz CT molecular complexity index is 1500. The zero-order valence-corrected chi connectivity index (χ0v) is 24.6. The molecule has 0 amide bonds. The lowest BCUT2D eigenvalue weighted by atomic mass is 9.47. The van der Waals surface area contributed by atoms with Crippen LogP contribution in [0.15, 0.2) is 24.0 Å². The monoisotopic (exact) mass is 632 g/mol. The summed E-state index contributed by atoms with van der Waals surface area (Å²) in [5.41, 5.74) is -0.525. The normalized spacial score (nSPS) is 27.2. The Morgan fingerprint density at radius 2 is 1.67 bits per heavy atom. The largest absolute Gasteiger partial charge is 0.493 e. The molecule has 0 aromatic heterocycles. The molecule has 15 heteroatoms. The second-order valence-electron chi connectivity index (χ2n) is 11.5. The summed E-state index contributed by atoms with van der Waals surface area (Å²) in [6, 6.07) is 3.69. The van der Waals surface area contributed by atoms with Crippen LogP contribution in [0.3, 0.4) is 0 Å². The fourth-order valence-corrected chi connectivity index (χ4v) is 7.23. The number of benzene rings is 1. The Labute approximate surface area is 256 Å². The van der Waals surface area contributed by atoms with Gasteiger partial charge in [-0.3, -0.25) is 14.4 Å². The molecule has 1 aromatic rings. The number of carboxylic acids is 2. The van der Waals surface area contributed by atoms with Gasteiger partial charge >= 0.3 is 35.8 Å². The molecular weight excluding hydrogens is 600 g/mol. The zero-order chi connectivity index (χ0) is 32.8. The van der Waals surface area contributed by atoms with Gasteiger partial charge in [-0.1, -0.05) is 12.5 Å². The molecule has 45 heavy (non-hydrogen) atoms. The summed E-state index contributed by atoms with van der Waals surface area (Å²) in [7, 11) is 1.47. The molecule has 3 N–H and O–H groups in total. The molecule has 0 saturated heterocycles. The van der Waals surface area contributed by atoms with Crippen molar-refractivity contribution in [2.75, 3.05) is 7.11 Å². The number of carbonyl (C=O) groups excluding carboxylic acids is 4. The van der Waals surface area contributed by atoms with Gasteiger partial charge in [0.15, 0.2) is 17.6 Å². The van der Waals surface area contributed by atoms with Crippen molar-refractivity contribution in [1.29, 1.82) is 0 Å². The molecule has 242 valence electrons. The molecule has 3 aliphatic carbocycles. The summed E-state index contributed by atoms with van der Waals surface area (Å²) in [4.78, 5) is 73.2. The third-order valence-electron chi connectivity index (χ3n) is 8.91. The molecule has 1 spiro atoms. The van der Waals surface area contributed by atoms with Gasteiger partial charge in [-0.25, -0.2) is 14.4 Å². The fourth-order valence-electron chi connectivity index (χ4n) is 7.23. The van der Waals surface area contributed by atoms with Gasteiger partial charge in [-0.05, 0) is 49.3 Å². The van der Waals surface area contributed by atoms with E-state index in [-0.39, 0.29) is 18.1 Å². The van der Waals surface area contributed by atoms with Gasteiger partial charge in [-0.2, -0.15) is 0 Å². The van der Waals surface area contributed by atoms with Crippen LogP contribution in [0.2, 0.25) is 0 Å². The number of aliphatic hydroxyl groups is 1. The Morgan fingerprint density at radius 3 is 2.27 bits per heavy atom. The van der Waals surface area contributed by atoms with Crippen LogP contribution in [0.5, 0.6) is 11.5 Å². The van der Waals surface area contributed by atoms with Crippen molar-refractivity contribution >= 4 is 35.8 Å². The number of carbonyl (C=O) groups is 6. The minimum absolute atomic E-state index is 0.0576. The van der Waals surface area contributed by atoms with Crippen LogP contribution >= 0.6 is 0 Å². The van der Waals surface area contributed by atoms with E-state index in [0.717, 1.165) is 37.8 Å². The molecular formula is C30H32O15. The van der Waals surface area contributed by atoms with E-state index in [1.54, 1.807) is 6.07 Å². The number of rotatable bonds is 11. The molecule has 7 atom stereocenters. The lowest BCUT2D eigenvalue weighted by Crippen LogP contribution is -2.67. The van der Waals surface area contributed by atoms with Gasteiger partial charge in [0.1, 0.15) is 5.76 Å². The average molecular weight is 633 g/mol. The highest BCUT2D eigenvalue weighted by Gasteiger charge is 2.71. The number of esters is 4. The second-order valence-corrected chi connectivity index (χ2v) is 11.5. The van der Waals surface area contributed by atoms with Crippen LogP contribution in [0.1, 0.15) is 57.1 Å². The molecule has 0 unspecified atom stereocenters. The van der Waals surface area contributed by atoms with Crippen molar-refractivity contribution in [3.05, 3.63) is 35.1 Å². The second kappa shape index (κ2) is 11.7. The van der Waals surface area contributed by atoms with Gasteiger partial charge in [-0.15, -0.1) is 0 Å². The molecule has 15 nitrogen and oxygen atoms in total. The lowest BCUT2D eigenvalue weighted by molar-refractivity contribution is -0.195. The molecule has 5 rings (SSSR count). The summed E-state index contributed by atoms with van der Waals surface area (Å²) < 4.78 is 32.3. The number of hydrogen-bond donors (Lipinski definition) is 3. The first-order valence-corrected chi connectivity index (χ1v) is 14.2. The number of aliphatic carboxylic acids is 2.